The molecule has 1 amide bonds. The van der Waals surface area contributed by atoms with E-state index in [4.69, 9.17) is 5.11 Å². The third-order valence-electron chi connectivity index (χ3n) is 2.38. The average molecular weight is 221 g/mol. The Labute approximate surface area is 94.5 Å². The van der Waals surface area contributed by atoms with Gasteiger partial charge in [0, 0.05) is 19.2 Å². The van der Waals surface area contributed by atoms with Crippen molar-refractivity contribution in [2.45, 2.75) is 13.3 Å². The van der Waals surface area contributed by atoms with Crippen molar-refractivity contribution in [3.63, 3.8) is 0 Å². The van der Waals surface area contributed by atoms with Crippen molar-refractivity contribution < 1.29 is 14.7 Å². The summed E-state index contributed by atoms with van der Waals surface area (Å²) < 4.78 is 0. The molecule has 0 atom stereocenters. The third kappa shape index (κ3) is 3.08. The Morgan fingerprint density at radius 1 is 1.31 bits per heavy atom. The maximum atomic E-state index is 11.9. The maximum Gasteiger partial charge on any atom is 0.305 e. The Morgan fingerprint density at radius 3 is 2.50 bits per heavy atom. The van der Waals surface area contributed by atoms with E-state index >= 15 is 0 Å². The predicted octanol–water partition coefficient (Wildman–Crippen LogP) is 1.54. The second kappa shape index (κ2) is 5.30. The van der Waals surface area contributed by atoms with Gasteiger partial charge in [0.1, 0.15) is 0 Å². The van der Waals surface area contributed by atoms with Gasteiger partial charge in [-0.05, 0) is 18.6 Å². The van der Waals surface area contributed by atoms with E-state index in [0.29, 0.717) is 5.56 Å². The van der Waals surface area contributed by atoms with E-state index in [1.807, 2.05) is 19.1 Å². The lowest BCUT2D eigenvalue weighted by Crippen LogP contribution is -2.29. The number of aliphatic carboxylic acids is 1. The van der Waals surface area contributed by atoms with Gasteiger partial charge in [-0.1, -0.05) is 18.2 Å². The Balaban J connectivity index is 2.71. The van der Waals surface area contributed by atoms with E-state index in [-0.39, 0.29) is 18.9 Å². The molecule has 1 rings (SSSR count). The maximum absolute atomic E-state index is 11.9. The lowest BCUT2D eigenvalue weighted by atomic mass is 10.1. The summed E-state index contributed by atoms with van der Waals surface area (Å²) in [5.74, 6) is -1.04. The normalized spacial score (nSPS) is 9.88. The number of benzene rings is 1. The van der Waals surface area contributed by atoms with E-state index in [1.165, 1.54) is 4.90 Å². The molecule has 0 radical (unpaired) electrons. The molecule has 1 aromatic rings. The number of carboxylic acid groups (broad SMARTS) is 1. The molecule has 0 bridgehead atoms. The monoisotopic (exact) mass is 221 g/mol. The summed E-state index contributed by atoms with van der Waals surface area (Å²) in [6.45, 7) is 2.08. The van der Waals surface area contributed by atoms with Crippen LogP contribution in [-0.2, 0) is 4.79 Å². The molecule has 0 saturated heterocycles. The van der Waals surface area contributed by atoms with Crippen molar-refractivity contribution in [1.29, 1.82) is 0 Å². The average Bonchev–Trinajstić information content (AvgIpc) is 2.25. The first-order valence-corrected chi connectivity index (χ1v) is 5.05. The number of hydrogen-bond acceptors (Lipinski definition) is 2. The van der Waals surface area contributed by atoms with Crippen molar-refractivity contribution in [2.75, 3.05) is 13.6 Å². The zero-order valence-corrected chi connectivity index (χ0v) is 9.43. The number of aryl methyl sites for hydroxylation is 1. The van der Waals surface area contributed by atoms with Crippen molar-refractivity contribution >= 4 is 11.9 Å². The van der Waals surface area contributed by atoms with Crippen LogP contribution in [0.15, 0.2) is 24.3 Å². The molecule has 4 heteroatoms. The van der Waals surface area contributed by atoms with Crippen LogP contribution in [0.5, 0.6) is 0 Å². The lowest BCUT2D eigenvalue weighted by Gasteiger charge is -2.17. The van der Waals surface area contributed by atoms with Gasteiger partial charge in [-0.3, -0.25) is 9.59 Å². The third-order valence-corrected chi connectivity index (χ3v) is 2.38. The fraction of sp³-hybridized carbons (Fsp3) is 0.333. The van der Waals surface area contributed by atoms with E-state index in [1.54, 1.807) is 19.2 Å². The van der Waals surface area contributed by atoms with Crippen molar-refractivity contribution in [1.82, 2.24) is 4.90 Å². The van der Waals surface area contributed by atoms with Crippen molar-refractivity contribution in [2.24, 2.45) is 0 Å². The largest absolute Gasteiger partial charge is 0.481 e. The number of hydrogen-bond donors (Lipinski definition) is 1. The second-order valence-electron chi connectivity index (χ2n) is 3.69. The number of amides is 1. The van der Waals surface area contributed by atoms with E-state index in [9.17, 15) is 9.59 Å². The Kier molecular flexibility index (Phi) is 4.05. The van der Waals surface area contributed by atoms with Gasteiger partial charge in [0.15, 0.2) is 0 Å². The summed E-state index contributed by atoms with van der Waals surface area (Å²) in [6, 6.07) is 7.27. The molecular weight excluding hydrogens is 206 g/mol. The molecule has 86 valence electrons. The highest BCUT2D eigenvalue weighted by atomic mass is 16.4. The minimum Gasteiger partial charge on any atom is -0.481 e. The van der Waals surface area contributed by atoms with E-state index in [2.05, 4.69) is 0 Å². The Morgan fingerprint density at radius 2 is 1.94 bits per heavy atom. The molecule has 0 spiro atoms. The molecule has 0 aliphatic heterocycles. The van der Waals surface area contributed by atoms with E-state index < -0.39 is 5.97 Å². The number of rotatable bonds is 4. The minimum absolute atomic E-state index is 0.0336. The van der Waals surface area contributed by atoms with Crippen LogP contribution in [0.2, 0.25) is 0 Å². The van der Waals surface area contributed by atoms with Gasteiger partial charge < -0.3 is 10.0 Å². The van der Waals surface area contributed by atoms with Crippen molar-refractivity contribution in [3.05, 3.63) is 35.4 Å². The van der Waals surface area contributed by atoms with Crippen LogP contribution in [0.25, 0.3) is 0 Å². The summed E-state index contributed by atoms with van der Waals surface area (Å²) in [6.07, 6.45) is -0.0336. The highest BCUT2D eigenvalue weighted by Gasteiger charge is 2.13. The van der Waals surface area contributed by atoms with Crippen LogP contribution in [0.4, 0.5) is 0 Å². The smallest absolute Gasteiger partial charge is 0.305 e. The molecule has 0 saturated carbocycles. The second-order valence-corrected chi connectivity index (χ2v) is 3.69. The summed E-state index contributed by atoms with van der Waals surface area (Å²) in [5.41, 5.74) is 1.52. The van der Waals surface area contributed by atoms with Crippen LogP contribution >= 0.6 is 0 Å². The zero-order chi connectivity index (χ0) is 12.1. The van der Waals surface area contributed by atoms with Gasteiger partial charge in [-0.25, -0.2) is 0 Å². The number of carboxylic acids is 1. The quantitative estimate of drug-likeness (QED) is 0.839. The Bertz CT molecular complexity index is 401. The van der Waals surface area contributed by atoms with Gasteiger partial charge in [-0.15, -0.1) is 0 Å². The number of carbonyl (C=O) groups is 2. The molecular formula is C12H15NO3. The zero-order valence-electron chi connectivity index (χ0n) is 9.43. The highest BCUT2D eigenvalue weighted by molar-refractivity contribution is 5.95. The Hall–Kier alpha value is -1.84. The molecule has 1 aromatic carbocycles. The first-order valence-electron chi connectivity index (χ1n) is 5.05. The standard InChI is InChI=1S/C12H15NO3/c1-9-5-3-4-6-10(9)12(16)13(2)8-7-11(14)15/h3-6H,7-8H2,1-2H3,(H,14,15). The summed E-state index contributed by atoms with van der Waals surface area (Å²) >= 11 is 0. The fourth-order valence-corrected chi connectivity index (χ4v) is 1.38. The molecule has 0 fully saturated rings. The fourth-order valence-electron chi connectivity index (χ4n) is 1.38. The molecule has 0 unspecified atom stereocenters. The molecule has 4 nitrogen and oxygen atoms in total. The number of nitrogens with zero attached hydrogens (tertiary/aromatic N) is 1. The van der Waals surface area contributed by atoms with Crippen LogP contribution in [0.1, 0.15) is 22.3 Å². The van der Waals surface area contributed by atoms with Crippen LogP contribution in [0.3, 0.4) is 0 Å². The van der Waals surface area contributed by atoms with Crippen LogP contribution in [-0.4, -0.2) is 35.5 Å². The number of carbonyl (C=O) groups excluding carboxylic acids is 1. The molecule has 0 heterocycles. The summed E-state index contributed by atoms with van der Waals surface area (Å²) in [5, 5.41) is 8.53. The van der Waals surface area contributed by atoms with E-state index in [0.717, 1.165) is 5.56 Å². The van der Waals surface area contributed by atoms with Gasteiger partial charge in [0.05, 0.1) is 6.42 Å². The van der Waals surface area contributed by atoms with Gasteiger partial charge in [0.2, 0.25) is 0 Å². The topological polar surface area (TPSA) is 57.6 Å². The first-order chi connectivity index (χ1) is 7.52. The van der Waals surface area contributed by atoms with Gasteiger partial charge in [0.25, 0.3) is 5.91 Å². The molecule has 1 N–H and O–H groups in total. The molecule has 0 aromatic heterocycles. The highest BCUT2D eigenvalue weighted by Crippen LogP contribution is 2.09. The predicted molar refractivity (Wildman–Crippen MR) is 60.4 cm³/mol. The molecule has 0 aliphatic carbocycles. The lowest BCUT2D eigenvalue weighted by molar-refractivity contribution is -0.137. The first kappa shape index (κ1) is 12.2. The van der Waals surface area contributed by atoms with Gasteiger partial charge >= 0.3 is 5.97 Å². The van der Waals surface area contributed by atoms with Crippen LogP contribution < -0.4 is 0 Å². The summed E-state index contributed by atoms with van der Waals surface area (Å²) in [4.78, 5) is 23.7. The minimum atomic E-state index is -0.899. The SMILES string of the molecule is Cc1ccccc1C(=O)N(C)CCC(=O)O. The molecule has 0 aliphatic rings. The van der Waals surface area contributed by atoms with Gasteiger partial charge in [-0.2, -0.15) is 0 Å². The van der Waals surface area contributed by atoms with Crippen LogP contribution in [0, 0.1) is 6.92 Å². The molecule has 16 heavy (non-hydrogen) atoms. The van der Waals surface area contributed by atoms with Crippen molar-refractivity contribution in [3.8, 4) is 0 Å². The summed E-state index contributed by atoms with van der Waals surface area (Å²) in [7, 11) is 1.61.